The van der Waals surface area contributed by atoms with Crippen molar-refractivity contribution in [3.63, 3.8) is 0 Å². The van der Waals surface area contributed by atoms with E-state index in [1.165, 1.54) is 0 Å². The number of aromatic amines is 1. The molecule has 1 fully saturated rings. The van der Waals surface area contributed by atoms with Crippen LogP contribution in [0.25, 0.3) is 11.0 Å². The molecular weight excluding hydrogens is 328 g/mol. The zero-order chi connectivity index (χ0) is 15.5. The minimum Gasteiger partial charge on any atom is -0.337 e. The topological polar surface area (TPSA) is 57.8 Å². The second-order valence-corrected chi connectivity index (χ2v) is 7.53. The lowest BCUT2D eigenvalue weighted by Gasteiger charge is -2.20. The van der Waals surface area contributed by atoms with E-state index in [-0.39, 0.29) is 11.7 Å². The molecule has 0 radical (unpaired) electrons. The summed E-state index contributed by atoms with van der Waals surface area (Å²) in [6, 6.07) is 4.94. The molecule has 1 aliphatic rings. The molecule has 1 saturated heterocycles. The van der Waals surface area contributed by atoms with Gasteiger partial charge in [0.15, 0.2) is 5.82 Å². The van der Waals surface area contributed by atoms with Crippen LogP contribution in [0.5, 0.6) is 0 Å². The number of hydrogen-bond acceptors (Lipinski definition) is 4. The molecule has 3 rings (SSSR count). The predicted molar refractivity (Wildman–Crippen MR) is 87.9 cm³/mol. The van der Waals surface area contributed by atoms with Crippen molar-refractivity contribution in [3.05, 3.63) is 24.0 Å². The van der Waals surface area contributed by atoms with Gasteiger partial charge in [-0.3, -0.25) is 4.79 Å². The number of carbonyl (C=O) groups excluding carboxylic acids is 1. The number of aromatic nitrogens is 2. The SMILES string of the molecule is O=C(C[C@@H]1CSCCS1)Nc1ccc2nc(C(F)F)[nH]c2c1. The summed E-state index contributed by atoms with van der Waals surface area (Å²) in [5, 5.41) is 3.17. The van der Waals surface area contributed by atoms with E-state index in [2.05, 4.69) is 15.3 Å². The van der Waals surface area contributed by atoms with Crippen LogP contribution in [-0.2, 0) is 4.79 Å². The smallest absolute Gasteiger partial charge is 0.295 e. The van der Waals surface area contributed by atoms with E-state index in [4.69, 9.17) is 0 Å². The molecule has 0 bridgehead atoms. The third kappa shape index (κ3) is 3.73. The normalized spacial score (nSPS) is 18.8. The first kappa shape index (κ1) is 15.6. The van der Waals surface area contributed by atoms with E-state index in [1.54, 1.807) is 18.2 Å². The number of anilines is 1. The van der Waals surface area contributed by atoms with Crippen molar-refractivity contribution < 1.29 is 13.6 Å². The number of benzene rings is 1. The number of amides is 1. The van der Waals surface area contributed by atoms with Gasteiger partial charge in [-0.1, -0.05) is 0 Å². The molecule has 4 nitrogen and oxygen atoms in total. The van der Waals surface area contributed by atoms with Crippen LogP contribution in [-0.4, -0.2) is 38.4 Å². The van der Waals surface area contributed by atoms with Gasteiger partial charge in [0.05, 0.1) is 11.0 Å². The molecule has 0 spiro atoms. The second kappa shape index (κ2) is 6.87. The van der Waals surface area contributed by atoms with E-state index in [1.807, 2.05) is 23.5 Å². The monoisotopic (exact) mass is 343 g/mol. The summed E-state index contributed by atoms with van der Waals surface area (Å²) in [7, 11) is 0. The number of nitrogens with one attached hydrogen (secondary N) is 2. The number of carbonyl (C=O) groups is 1. The molecule has 2 aromatic rings. The fourth-order valence-electron chi connectivity index (χ4n) is 2.28. The van der Waals surface area contributed by atoms with Crippen molar-refractivity contribution in [1.29, 1.82) is 0 Å². The van der Waals surface area contributed by atoms with Crippen molar-refractivity contribution in [2.45, 2.75) is 18.1 Å². The summed E-state index contributed by atoms with van der Waals surface area (Å²) in [6.07, 6.45) is -2.16. The van der Waals surface area contributed by atoms with E-state index in [9.17, 15) is 13.6 Å². The largest absolute Gasteiger partial charge is 0.337 e. The van der Waals surface area contributed by atoms with Crippen molar-refractivity contribution in [3.8, 4) is 0 Å². The molecule has 1 amide bonds. The Morgan fingerprint density at radius 1 is 1.45 bits per heavy atom. The second-order valence-electron chi connectivity index (χ2n) is 4.97. The maximum Gasteiger partial charge on any atom is 0.295 e. The number of H-pyrrole nitrogens is 1. The van der Waals surface area contributed by atoms with Gasteiger partial charge in [-0.25, -0.2) is 13.8 Å². The summed E-state index contributed by atoms with van der Waals surface area (Å²) in [5.74, 6) is 2.82. The van der Waals surface area contributed by atoms with Crippen LogP contribution in [0.1, 0.15) is 18.7 Å². The van der Waals surface area contributed by atoms with Crippen LogP contribution < -0.4 is 5.32 Å². The molecular formula is C14H15F2N3OS2. The fourth-order valence-corrected chi connectivity index (χ4v) is 4.96. The number of alkyl halides is 2. The summed E-state index contributed by atoms with van der Waals surface area (Å²) < 4.78 is 25.2. The number of hydrogen-bond donors (Lipinski definition) is 2. The predicted octanol–water partition coefficient (Wildman–Crippen LogP) is 3.68. The number of nitrogens with zero attached hydrogens (tertiary/aromatic N) is 1. The molecule has 0 saturated carbocycles. The Bertz CT molecular complexity index is 671. The Kier molecular flexibility index (Phi) is 4.87. The van der Waals surface area contributed by atoms with Crippen LogP contribution in [0.2, 0.25) is 0 Å². The van der Waals surface area contributed by atoms with Gasteiger partial charge in [-0.2, -0.15) is 23.5 Å². The van der Waals surface area contributed by atoms with Crippen LogP contribution in [0.3, 0.4) is 0 Å². The lowest BCUT2D eigenvalue weighted by atomic mass is 10.2. The molecule has 2 heterocycles. The molecule has 1 atom stereocenters. The van der Waals surface area contributed by atoms with Gasteiger partial charge in [0.2, 0.25) is 5.91 Å². The zero-order valence-electron chi connectivity index (χ0n) is 11.6. The maximum absolute atomic E-state index is 12.6. The van der Waals surface area contributed by atoms with E-state index < -0.39 is 6.43 Å². The van der Waals surface area contributed by atoms with Crippen LogP contribution >= 0.6 is 23.5 Å². The summed E-state index contributed by atoms with van der Waals surface area (Å²) in [6.45, 7) is 0. The van der Waals surface area contributed by atoms with E-state index in [0.29, 0.717) is 28.4 Å². The zero-order valence-corrected chi connectivity index (χ0v) is 13.3. The van der Waals surface area contributed by atoms with Crippen LogP contribution in [0.15, 0.2) is 18.2 Å². The van der Waals surface area contributed by atoms with Gasteiger partial charge in [-0.05, 0) is 18.2 Å². The highest BCUT2D eigenvalue weighted by molar-refractivity contribution is 8.06. The number of imidazole rings is 1. The highest BCUT2D eigenvalue weighted by Gasteiger charge is 2.18. The van der Waals surface area contributed by atoms with Crippen molar-refractivity contribution in [2.24, 2.45) is 0 Å². The Morgan fingerprint density at radius 3 is 3.05 bits per heavy atom. The first-order valence-electron chi connectivity index (χ1n) is 6.89. The number of rotatable bonds is 4. The summed E-state index contributed by atoms with van der Waals surface area (Å²) >= 11 is 3.70. The van der Waals surface area contributed by atoms with Crippen molar-refractivity contribution in [2.75, 3.05) is 22.6 Å². The highest BCUT2D eigenvalue weighted by atomic mass is 32.2. The Labute approximate surface area is 134 Å². The standard InChI is InChI=1S/C14H15F2N3OS2/c15-13(16)14-18-10-2-1-8(5-11(10)19-14)17-12(20)6-9-7-21-3-4-22-9/h1-2,5,9,13H,3-4,6-7H2,(H,17,20)(H,18,19)/t9-/m1/s1. The third-order valence-corrected chi connectivity index (χ3v) is 6.13. The van der Waals surface area contributed by atoms with Gasteiger partial charge in [0, 0.05) is 34.6 Å². The molecule has 1 aromatic heterocycles. The van der Waals surface area contributed by atoms with Crippen molar-refractivity contribution in [1.82, 2.24) is 9.97 Å². The molecule has 1 aliphatic heterocycles. The average molecular weight is 343 g/mol. The quantitative estimate of drug-likeness (QED) is 0.889. The summed E-state index contributed by atoms with van der Waals surface area (Å²) in [5.41, 5.74) is 1.55. The van der Waals surface area contributed by atoms with Gasteiger partial charge in [0.25, 0.3) is 6.43 Å². The highest BCUT2D eigenvalue weighted by Crippen LogP contribution is 2.27. The van der Waals surface area contributed by atoms with Crippen LogP contribution in [0, 0.1) is 0 Å². The third-order valence-electron chi connectivity index (χ3n) is 3.29. The van der Waals surface area contributed by atoms with Crippen molar-refractivity contribution >= 4 is 46.2 Å². The minimum absolute atomic E-state index is 0.0482. The molecule has 8 heteroatoms. The first-order valence-corrected chi connectivity index (χ1v) is 9.09. The molecule has 0 unspecified atom stereocenters. The lowest BCUT2D eigenvalue weighted by Crippen LogP contribution is -2.22. The number of fused-ring (bicyclic) bond motifs is 1. The first-order chi connectivity index (χ1) is 10.6. The summed E-state index contributed by atoms with van der Waals surface area (Å²) in [4.78, 5) is 18.4. The van der Waals surface area contributed by atoms with Gasteiger partial charge < -0.3 is 10.3 Å². The number of halogens is 2. The van der Waals surface area contributed by atoms with Gasteiger partial charge in [-0.15, -0.1) is 0 Å². The lowest BCUT2D eigenvalue weighted by molar-refractivity contribution is -0.116. The van der Waals surface area contributed by atoms with Gasteiger partial charge in [0.1, 0.15) is 0 Å². The Balaban J connectivity index is 1.66. The van der Waals surface area contributed by atoms with Crippen LogP contribution in [0.4, 0.5) is 14.5 Å². The molecule has 2 N–H and O–H groups in total. The minimum atomic E-state index is -2.63. The molecule has 22 heavy (non-hydrogen) atoms. The average Bonchev–Trinajstić information content (AvgIpc) is 2.91. The Hall–Kier alpha value is -1.28. The Morgan fingerprint density at radius 2 is 2.32 bits per heavy atom. The molecule has 118 valence electrons. The molecule has 1 aromatic carbocycles. The van der Waals surface area contributed by atoms with E-state index >= 15 is 0 Å². The fraction of sp³-hybridized carbons (Fsp3) is 0.429. The maximum atomic E-state index is 12.6. The molecule has 0 aliphatic carbocycles. The van der Waals surface area contributed by atoms with Gasteiger partial charge >= 0.3 is 0 Å². The number of thioether (sulfide) groups is 2. The van der Waals surface area contributed by atoms with E-state index in [0.717, 1.165) is 17.3 Å².